The zero-order chi connectivity index (χ0) is 43.5. The van der Waals surface area contributed by atoms with Crippen molar-refractivity contribution in [2.45, 2.75) is 167 Å². The third-order valence-electron chi connectivity index (χ3n) is 9.48. The van der Waals surface area contributed by atoms with Gasteiger partial charge in [-0.15, -0.1) is 0 Å². The summed E-state index contributed by atoms with van der Waals surface area (Å²) in [5.41, 5.74) is 0. The molecule has 0 fully saturated rings. The van der Waals surface area contributed by atoms with Crippen molar-refractivity contribution in [3.8, 4) is 0 Å². The van der Waals surface area contributed by atoms with Gasteiger partial charge in [-0.05, 0) is 77.0 Å². The number of carbonyl (C=O) groups is 3. The first-order valence-corrected chi connectivity index (χ1v) is 22.8. The summed E-state index contributed by atoms with van der Waals surface area (Å²) in [5.74, 6) is -1.86. The molecule has 2 atom stereocenters. The number of carbonyl (C=O) groups excluding carboxylic acids is 3. The molecule has 0 amide bonds. The molecular formula is C51H83NO7. The number of hydrogen-bond donors (Lipinski definition) is 0. The molecular weight excluding hydrogens is 739 g/mol. The van der Waals surface area contributed by atoms with Gasteiger partial charge in [-0.2, -0.15) is 0 Å². The molecule has 8 heteroatoms. The van der Waals surface area contributed by atoms with Gasteiger partial charge in [0.15, 0.2) is 6.10 Å². The number of carboxylic acids is 1. The largest absolute Gasteiger partial charge is 0.544 e. The molecule has 2 unspecified atom stereocenters. The number of rotatable bonds is 39. The quantitative estimate of drug-likeness (QED) is 0.0263. The van der Waals surface area contributed by atoms with Gasteiger partial charge in [-0.25, -0.2) is 0 Å². The summed E-state index contributed by atoms with van der Waals surface area (Å²) in [6, 6.07) is -0.745. The number of likely N-dealkylation sites (N-methyl/N-ethyl adjacent to an activating group) is 1. The second-order valence-electron chi connectivity index (χ2n) is 15.9. The Balaban J connectivity index is 4.43. The van der Waals surface area contributed by atoms with Crippen LogP contribution >= 0.6 is 0 Å². The number of esters is 2. The van der Waals surface area contributed by atoms with Gasteiger partial charge in [0.2, 0.25) is 0 Å². The van der Waals surface area contributed by atoms with Crippen LogP contribution in [0.15, 0.2) is 97.2 Å². The van der Waals surface area contributed by atoms with Crippen LogP contribution < -0.4 is 5.11 Å². The monoisotopic (exact) mass is 822 g/mol. The van der Waals surface area contributed by atoms with Crippen LogP contribution in [-0.4, -0.2) is 75.5 Å². The van der Waals surface area contributed by atoms with Gasteiger partial charge in [0.05, 0.1) is 40.3 Å². The summed E-state index contributed by atoms with van der Waals surface area (Å²) in [7, 11) is 5.37. The molecule has 59 heavy (non-hydrogen) atoms. The number of ether oxygens (including phenoxy) is 3. The molecule has 8 nitrogen and oxygen atoms in total. The lowest BCUT2D eigenvalue weighted by Crippen LogP contribution is -2.55. The second kappa shape index (κ2) is 41.0. The van der Waals surface area contributed by atoms with Crippen molar-refractivity contribution in [2.24, 2.45) is 0 Å². The smallest absolute Gasteiger partial charge is 0.306 e. The molecule has 0 spiro atoms. The van der Waals surface area contributed by atoms with E-state index in [9.17, 15) is 19.5 Å². The number of aliphatic carboxylic acids is 1. The lowest BCUT2D eigenvalue weighted by Gasteiger charge is -2.34. The maximum absolute atomic E-state index is 12.7. The van der Waals surface area contributed by atoms with Gasteiger partial charge in [-0.3, -0.25) is 9.59 Å². The lowest BCUT2D eigenvalue weighted by molar-refractivity contribution is -0.889. The Morgan fingerprint density at radius 3 is 1.39 bits per heavy atom. The number of unbranched alkanes of at least 4 members (excludes halogenated alkanes) is 9. The predicted molar refractivity (Wildman–Crippen MR) is 245 cm³/mol. The van der Waals surface area contributed by atoms with E-state index in [1.807, 2.05) is 12.2 Å². The second-order valence-corrected chi connectivity index (χ2v) is 15.9. The van der Waals surface area contributed by atoms with Crippen LogP contribution in [0.2, 0.25) is 0 Å². The molecule has 0 heterocycles. The van der Waals surface area contributed by atoms with Gasteiger partial charge >= 0.3 is 11.9 Å². The van der Waals surface area contributed by atoms with Crippen molar-refractivity contribution in [1.29, 1.82) is 0 Å². The highest BCUT2D eigenvalue weighted by Crippen LogP contribution is 2.13. The fourth-order valence-electron chi connectivity index (χ4n) is 6.02. The summed E-state index contributed by atoms with van der Waals surface area (Å²) >= 11 is 0. The molecule has 0 aromatic carbocycles. The molecule has 0 aromatic rings. The molecule has 0 radical (unpaired) electrons. The Labute approximate surface area is 360 Å². The average Bonchev–Trinajstić information content (AvgIpc) is 3.19. The highest BCUT2D eigenvalue weighted by atomic mass is 16.6. The van der Waals surface area contributed by atoms with Crippen molar-refractivity contribution in [2.75, 3.05) is 41.0 Å². The maximum atomic E-state index is 12.7. The molecule has 0 aliphatic heterocycles. The molecule has 0 aliphatic rings. The van der Waals surface area contributed by atoms with Gasteiger partial charge in [0.25, 0.3) is 0 Å². The van der Waals surface area contributed by atoms with E-state index in [4.69, 9.17) is 14.2 Å². The predicted octanol–water partition coefficient (Wildman–Crippen LogP) is 11.4. The first-order chi connectivity index (χ1) is 28.6. The molecule has 0 aliphatic carbocycles. The Kier molecular flexibility index (Phi) is 38.4. The highest BCUT2D eigenvalue weighted by molar-refractivity contribution is 5.70. The number of quaternary nitrogens is 1. The third kappa shape index (κ3) is 39.5. The Bertz CT molecular complexity index is 1280. The fourth-order valence-corrected chi connectivity index (χ4v) is 6.02. The molecule has 0 saturated heterocycles. The van der Waals surface area contributed by atoms with Gasteiger partial charge < -0.3 is 28.6 Å². The Morgan fingerprint density at radius 2 is 0.932 bits per heavy atom. The zero-order valence-corrected chi connectivity index (χ0v) is 37.9. The Hall–Kier alpha value is -3.75. The van der Waals surface area contributed by atoms with Crippen LogP contribution in [0.1, 0.15) is 155 Å². The topological polar surface area (TPSA) is 102 Å². The van der Waals surface area contributed by atoms with E-state index < -0.39 is 24.1 Å². The minimum absolute atomic E-state index is 0.00330. The number of nitrogens with zero attached hydrogens (tertiary/aromatic N) is 1. The fraction of sp³-hybridized carbons (Fsp3) is 0.627. The van der Waals surface area contributed by atoms with E-state index in [0.717, 1.165) is 77.0 Å². The van der Waals surface area contributed by atoms with Crippen LogP contribution in [0.4, 0.5) is 0 Å². The first kappa shape index (κ1) is 55.2. The van der Waals surface area contributed by atoms with E-state index in [0.29, 0.717) is 12.8 Å². The summed E-state index contributed by atoms with van der Waals surface area (Å²) in [4.78, 5) is 36.9. The van der Waals surface area contributed by atoms with Gasteiger partial charge in [0, 0.05) is 19.3 Å². The molecule has 0 aromatic heterocycles. The van der Waals surface area contributed by atoms with E-state index >= 15 is 0 Å². The van der Waals surface area contributed by atoms with Crippen LogP contribution in [0.25, 0.3) is 0 Å². The van der Waals surface area contributed by atoms with E-state index in [1.165, 1.54) is 38.5 Å². The minimum Gasteiger partial charge on any atom is -0.544 e. The van der Waals surface area contributed by atoms with Crippen LogP contribution in [0.5, 0.6) is 0 Å². The maximum Gasteiger partial charge on any atom is 0.306 e. The van der Waals surface area contributed by atoms with Gasteiger partial charge in [0.1, 0.15) is 12.6 Å². The molecule has 334 valence electrons. The number of hydrogen-bond acceptors (Lipinski definition) is 7. The van der Waals surface area contributed by atoms with E-state index in [2.05, 4.69) is 98.9 Å². The van der Waals surface area contributed by atoms with E-state index in [1.54, 1.807) is 21.1 Å². The summed E-state index contributed by atoms with van der Waals surface area (Å²) in [6.45, 7) is 4.33. The molecule has 0 saturated carbocycles. The molecule has 0 rings (SSSR count). The number of allylic oxidation sites excluding steroid dienone is 16. The normalized spacial score (nSPS) is 13.8. The van der Waals surface area contributed by atoms with Crippen molar-refractivity contribution in [3.63, 3.8) is 0 Å². The van der Waals surface area contributed by atoms with Crippen molar-refractivity contribution in [1.82, 2.24) is 0 Å². The van der Waals surface area contributed by atoms with Crippen molar-refractivity contribution >= 4 is 17.9 Å². The van der Waals surface area contributed by atoms with Crippen LogP contribution in [0.3, 0.4) is 0 Å². The van der Waals surface area contributed by atoms with Gasteiger partial charge in [-0.1, -0.05) is 156 Å². The zero-order valence-electron chi connectivity index (χ0n) is 37.9. The van der Waals surface area contributed by atoms with Crippen molar-refractivity contribution < 1.29 is 38.2 Å². The third-order valence-corrected chi connectivity index (χ3v) is 9.48. The Morgan fingerprint density at radius 1 is 0.508 bits per heavy atom. The van der Waals surface area contributed by atoms with E-state index in [-0.39, 0.29) is 43.1 Å². The van der Waals surface area contributed by atoms with Crippen molar-refractivity contribution in [3.05, 3.63) is 97.2 Å². The number of carboxylic acid groups (broad SMARTS) is 1. The van der Waals surface area contributed by atoms with Crippen LogP contribution in [0, 0.1) is 0 Å². The standard InChI is InChI=1S/C51H83NO7/c1-6-8-10-12-14-16-18-20-22-24-25-26-28-29-31-33-35-37-39-41-49(53)58-46-47(45-57-44-43-48(51(55)56)52(3,4)5)59-50(54)42-40-38-36-34-32-30-27-23-21-19-17-15-13-11-9-7-2/h8-11,14-17,20-23,30,32,36,38,47-48H,6-7,12-13,18-19,24-29,31,33-35,37,39-46H2,1-5H3/b10-8+,11-9+,16-14+,17-15+,22-20+,23-21+,32-30+,38-36+. The highest BCUT2D eigenvalue weighted by Gasteiger charge is 2.25. The molecule has 0 N–H and O–H groups in total. The average molecular weight is 822 g/mol. The minimum atomic E-state index is -1.14. The summed E-state index contributed by atoms with van der Waals surface area (Å²) in [6.07, 6.45) is 54.5. The summed E-state index contributed by atoms with van der Waals surface area (Å²) in [5, 5.41) is 11.6. The SMILES string of the molecule is CC/C=C/C/C=C/C/C=C/C/C=C/C/C=C/CCC(=O)OC(COCCC(C(=O)[O-])[N+](C)(C)C)COC(=O)CCCCCCCCCCC/C=C/C/C=C/C/C=C/CC. The first-order valence-electron chi connectivity index (χ1n) is 22.8. The summed E-state index contributed by atoms with van der Waals surface area (Å²) < 4.78 is 17.1. The lowest BCUT2D eigenvalue weighted by atomic mass is 10.1. The molecule has 0 bridgehead atoms. The van der Waals surface area contributed by atoms with Crippen LogP contribution in [-0.2, 0) is 28.6 Å².